The van der Waals surface area contributed by atoms with Crippen molar-refractivity contribution in [3.05, 3.63) is 42.4 Å². The molecule has 0 bridgehead atoms. The summed E-state index contributed by atoms with van der Waals surface area (Å²) < 4.78 is 10.5. The third kappa shape index (κ3) is 3.60. The van der Waals surface area contributed by atoms with Crippen molar-refractivity contribution in [3.63, 3.8) is 0 Å². The van der Waals surface area contributed by atoms with Gasteiger partial charge in [0.25, 0.3) is 0 Å². The summed E-state index contributed by atoms with van der Waals surface area (Å²) in [5.74, 6) is 0.614. The molecule has 23 heavy (non-hydrogen) atoms. The summed E-state index contributed by atoms with van der Waals surface area (Å²) in [5, 5.41) is 12.7. The Kier molecular flexibility index (Phi) is 4.41. The van der Waals surface area contributed by atoms with Crippen LogP contribution < -0.4 is 4.74 Å². The maximum absolute atomic E-state index is 11.4. The predicted octanol–water partition coefficient (Wildman–Crippen LogP) is 1.36. The Morgan fingerprint density at radius 1 is 1.26 bits per heavy atom. The lowest BCUT2D eigenvalue weighted by atomic mass is 10.2. The maximum atomic E-state index is 11.4. The number of pyridine rings is 1. The molecule has 0 saturated heterocycles. The van der Waals surface area contributed by atoms with E-state index in [1.165, 1.54) is 4.80 Å². The van der Waals surface area contributed by atoms with E-state index in [2.05, 4.69) is 20.4 Å². The molecule has 0 spiro atoms. The van der Waals surface area contributed by atoms with Crippen molar-refractivity contribution in [2.45, 2.75) is 20.1 Å². The third-order valence-electron chi connectivity index (χ3n) is 3.02. The van der Waals surface area contributed by atoms with E-state index in [1.54, 1.807) is 13.1 Å². The molecule has 8 heteroatoms. The van der Waals surface area contributed by atoms with Crippen LogP contribution in [-0.2, 0) is 22.7 Å². The Labute approximate surface area is 132 Å². The van der Waals surface area contributed by atoms with E-state index in [-0.39, 0.29) is 13.2 Å². The molecule has 0 N–H and O–H groups in total. The Bertz CT molecular complexity index is 812. The molecular formula is C15H15N5O3. The minimum Gasteiger partial charge on any atom is -0.483 e. The van der Waals surface area contributed by atoms with Gasteiger partial charge < -0.3 is 9.47 Å². The van der Waals surface area contributed by atoms with Crippen molar-refractivity contribution in [2.75, 3.05) is 6.61 Å². The van der Waals surface area contributed by atoms with Gasteiger partial charge >= 0.3 is 5.97 Å². The molecule has 2 aromatic heterocycles. The van der Waals surface area contributed by atoms with Crippen molar-refractivity contribution >= 4 is 16.9 Å². The number of tetrazole rings is 1. The Morgan fingerprint density at radius 3 is 3.00 bits per heavy atom. The minimum atomic E-state index is -0.407. The van der Waals surface area contributed by atoms with Crippen LogP contribution in [0, 0.1) is 0 Å². The van der Waals surface area contributed by atoms with E-state index < -0.39 is 5.97 Å². The number of hydrogen-bond donors (Lipinski definition) is 0. The van der Waals surface area contributed by atoms with Crippen LogP contribution in [0.5, 0.6) is 5.75 Å². The molecular weight excluding hydrogens is 298 g/mol. The van der Waals surface area contributed by atoms with Gasteiger partial charge in [0.05, 0.1) is 6.61 Å². The van der Waals surface area contributed by atoms with Crippen LogP contribution in [0.2, 0.25) is 0 Å². The van der Waals surface area contributed by atoms with E-state index in [0.29, 0.717) is 18.2 Å². The fraction of sp³-hybridized carbons (Fsp3) is 0.267. The number of ether oxygens (including phenoxy) is 2. The maximum Gasteiger partial charge on any atom is 0.329 e. The van der Waals surface area contributed by atoms with Crippen molar-refractivity contribution in [1.82, 2.24) is 25.2 Å². The Hall–Kier alpha value is -3.03. The highest BCUT2D eigenvalue weighted by molar-refractivity contribution is 5.84. The first-order valence-corrected chi connectivity index (χ1v) is 7.15. The van der Waals surface area contributed by atoms with Crippen LogP contribution in [-0.4, -0.2) is 37.8 Å². The quantitative estimate of drug-likeness (QED) is 0.634. The normalized spacial score (nSPS) is 10.7. The van der Waals surface area contributed by atoms with Crippen LogP contribution in [0.1, 0.15) is 12.7 Å². The van der Waals surface area contributed by atoms with Gasteiger partial charge in [-0.25, -0.2) is 4.79 Å². The van der Waals surface area contributed by atoms with Crippen LogP contribution in [0.15, 0.2) is 36.5 Å². The first kappa shape index (κ1) is 14.9. The largest absolute Gasteiger partial charge is 0.483 e. The topological polar surface area (TPSA) is 92.0 Å². The zero-order valence-corrected chi connectivity index (χ0v) is 12.5. The molecule has 0 aliphatic heterocycles. The van der Waals surface area contributed by atoms with Crippen LogP contribution >= 0.6 is 0 Å². The van der Waals surface area contributed by atoms with Gasteiger partial charge in [0, 0.05) is 11.6 Å². The predicted molar refractivity (Wildman–Crippen MR) is 80.5 cm³/mol. The monoisotopic (exact) mass is 313 g/mol. The standard InChI is InChI=1S/C15H15N5O3/c1-2-22-14(21)9-20-18-13(17-19-20)10-23-12-7-3-5-11-6-4-8-16-15(11)12/h3-8H,2,9-10H2,1H3. The fourth-order valence-corrected chi connectivity index (χ4v) is 2.06. The van der Waals surface area contributed by atoms with E-state index in [4.69, 9.17) is 9.47 Å². The number of benzene rings is 1. The molecule has 2 heterocycles. The summed E-state index contributed by atoms with van der Waals surface area (Å²) in [5.41, 5.74) is 0.772. The van der Waals surface area contributed by atoms with E-state index in [9.17, 15) is 4.79 Å². The summed E-state index contributed by atoms with van der Waals surface area (Å²) in [6.07, 6.45) is 1.71. The first-order chi connectivity index (χ1) is 11.3. The lowest BCUT2D eigenvalue weighted by Crippen LogP contribution is -2.15. The molecule has 3 rings (SSSR count). The fourth-order valence-electron chi connectivity index (χ4n) is 2.06. The highest BCUT2D eigenvalue weighted by atomic mass is 16.5. The second-order valence-corrected chi connectivity index (χ2v) is 4.66. The first-order valence-electron chi connectivity index (χ1n) is 7.15. The SMILES string of the molecule is CCOC(=O)Cn1nnc(COc2cccc3cccnc23)n1. The van der Waals surface area contributed by atoms with Gasteiger partial charge in [-0.3, -0.25) is 4.98 Å². The molecule has 0 atom stereocenters. The molecule has 118 valence electrons. The minimum absolute atomic E-state index is 0.0728. The number of para-hydroxylation sites is 1. The van der Waals surface area contributed by atoms with Crippen LogP contribution in [0.25, 0.3) is 10.9 Å². The Balaban J connectivity index is 1.66. The van der Waals surface area contributed by atoms with Crippen molar-refractivity contribution in [2.24, 2.45) is 0 Å². The summed E-state index contributed by atoms with van der Waals surface area (Å²) in [4.78, 5) is 16.8. The molecule has 0 saturated carbocycles. The van der Waals surface area contributed by atoms with Gasteiger partial charge in [-0.1, -0.05) is 18.2 Å². The number of nitrogens with zero attached hydrogens (tertiary/aromatic N) is 5. The highest BCUT2D eigenvalue weighted by Gasteiger charge is 2.10. The molecule has 3 aromatic rings. The number of rotatable bonds is 6. The second-order valence-electron chi connectivity index (χ2n) is 4.66. The second kappa shape index (κ2) is 6.82. The summed E-state index contributed by atoms with van der Waals surface area (Å²) in [6, 6.07) is 9.52. The number of fused-ring (bicyclic) bond motifs is 1. The van der Waals surface area contributed by atoms with E-state index >= 15 is 0 Å². The number of carbonyl (C=O) groups is 1. The third-order valence-corrected chi connectivity index (χ3v) is 3.02. The molecule has 0 amide bonds. The van der Waals surface area contributed by atoms with Crippen LogP contribution in [0.4, 0.5) is 0 Å². The molecule has 1 aromatic carbocycles. The van der Waals surface area contributed by atoms with Gasteiger partial charge in [-0.2, -0.15) is 4.80 Å². The lowest BCUT2D eigenvalue weighted by Gasteiger charge is -2.06. The van der Waals surface area contributed by atoms with E-state index in [0.717, 1.165) is 10.9 Å². The number of carbonyl (C=O) groups excluding carboxylic acids is 1. The summed E-state index contributed by atoms with van der Waals surface area (Å²) in [6.45, 7) is 2.12. The molecule has 0 radical (unpaired) electrons. The molecule has 0 fully saturated rings. The molecule has 8 nitrogen and oxygen atoms in total. The average Bonchev–Trinajstić information content (AvgIpc) is 3.00. The van der Waals surface area contributed by atoms with Crippen LogP contribution in [0.3, 0.4) is 0 Å². The Morgan fingerprint density at radius 2 is 2.13 bits per heavy atom. The highest BCUT2D eigenvalue weighted by Crippen LogP contribution is 2.23. The van der Waals surface area contributed by atoms with Gasteiger partial charge in [0.15, 0.2) is 13.2 Å². The molecule has 0 unspecified atom stereocenters. The summed E-state index contributed by atoms with van der Waals surface area (Å²) in [7, 11) is 0. The summed E-state index contributed by atoms with van der Waals surface area (Å²) >= 11 is 0. The number of esters is 1. The van der Waals surface area contributed by atoms with Gasteiger partial charge in [-0.15, -0.1) is 10.2 Å². The van der Waals surface area contributed by atoms with Gasteiger partial charge in [-0.05, 0) is 24.3 Å². The average molecular weight is 313 g/mol. The zero-order chi connectivity index (χ0) is 16.1. The number of aromatic nitrogens is 5. The van der Waals surface area contributed by atoms with E-state index in [1.807, 2.05) is 30.3 Å². The van der Waals surface area contributed by atoms with Gasteiger partial charge in [0.1, 0.15) is 11.3 Å². The molecule has 0 aliphatic carbocycles. The smallest absolute Gasteiger partial charge is 0.329 e. The lowest BCUT2D eigenvalue weighted by molar-refractivity contribution is -0.144. The van der Waals surface area contributed by atoms with Crippen molar-refractivity contribution in [3.8, 4) is 5.75 Å². The number of hydrogen-bond acceptors (Lipinski definition) is 7. The molecule has 0 aliphatic rings. The van der Waals surface area contributed by atoms with Crippen molar-refractivity contribution in [1.29, 1.82) is 0 Å². The van der Waals surface area contributed by atoms with Gasteiger partial charge in [0.2, 0.25) is 5.82 Å². The zero-order valence-electron chi connectivity index (χ0n) is 12.5. The van der Waals surface area contributed by atoms with Crippen molar-refractivity contribution < 1.29 is 14.3 Å².